The fourth-order valence-electron chi connectivity index (χ4n) is 3.50. The summed E-state index contributed by atoms with van der Waals surface area (Å²) in [6.45, 7) is 6.18. The van der Waals surface area contributed by atoms with Crippen molar-refractivity contribution in [3.8, 4) is 11.3 Å². The molecule has 1 amide bonds. The average Bonchev–Trinajstić information content (AvgIpc) is 3.45. The van der Waals surface area contributed by atoms with E-state index in [1.54, 1.807) is 11.7 Å². The molecule has 4 aromatic heterocycles. The van der Waals surface area contributed by atoms with Crippen LogP contribution in [0.25, 0.3) is 33.2 Å². The Balaban J connectivity index is 1.60. The Bertz CT molecular complexity index is 1430. The number of carbonyl (C=O) groups excluding carboxylic acids is 1. The minimum atomic E-state index is -0.282. The minimum absolute atomic E-state index is 0.220. The van der Waals surface area contributed by atoms with Gasteiger partial charge in [-0.2, -0.15) is 5.10 Å². The number of nitrogens with zero attached hydrogens (tertiary/aromatic N) is 5. The first-order valence-corrected chi connectivity index (χ1v) is 10.5. The molecule has 5 aromatic rings. The van der Waals surface area contributed by atoms with Crippen molar-refractivity contribution in [3.05, 3.63) is 48.0 Å². The molecule has 0 radical (unpaired) electrons. The summed E-state index contributed by atoms with van der Waals surface area (Å²) >= 11 is 1.37. The molecule has 1 aromatic carbocycles. The molecule has 0 unspecified atom stereocenters. The second-order valence-corrected chi connectivity index (χ2v) is 9.08. The molecule has 10 heteroatoms. The van der Waals surface area contributed by atoms with Crippen molar-refractivity contribution in [1.82, 2.24) is 29.7 Å². The Morgan fingerprint density at radius 2 is 2.06 bits per heavy atom. The summed E-state index contributed by atoms with van der Waals surface area (Å²) in [5, 5.41) is 9.99. The van der Waals surface area contributed by atoms with E-state index in [9.17, 15) is 4.79 Å². The lowest BCUT2D eigenvalue weighted by Crippen LogP contribution is -2.23. The van der Waals surface area contributed by atoms with E-state index in [0.717, 1.165) is 16.5 Å². The Morgan fingerprint density at radius 3 is 2.81 bits per heavy atom. The van der Waals surface area contributed by atoms with Gasteiger partial charge >= 0.3 is 0 Å². The number of carbonyl (C=O) groups is 1. The van der Waals surface area contributed by atoms with Gasteiger partial charge in [-0.1, -0.05) is 12.1 Å². The Labute approximate surface area is 181 Å². The third-order valence-corrected chi connectivity index (χ3v) is 5.63. The van der Waals surface area contributed by atoms with Crippen LogP contribution in [0.4, 0.5) is 10.8 Å². The Kier molecular flexibility index (Phi) is 4.26. The predicted octanol–water partition coefficient (Wildman–Crippen LogP) is 4.02. The standard InChI is InChI=1S/C21H20N8OS/c1-21(2,3)29-19-16(18(22)24-9-25-19)17(28-29)12-5-4-11-6-14(26-13(11)7-12)20(30)27-15-8-23-10-31-15/h4-10,26H,1-3H3,(H,27,30)(H2,22,24,25). The average molecular weight is 433 g/mol. The summed E-state index contributed by atoms with van der Waals surface area (Å²) in [6.07, 6.45) is 3.07. The lowest BCUT2D eigenvalue weighted by Gasteiger charge is -2.19. The van der Waals surface area contributed by atoms with Gasteiger partial charge in [0.2, 0.25) is 0 Å². The summed E-state index contributed by atoms with van der Waals surface area (Å²) < 4.78 is 1.86. The number of fused-ring (bicyclic) bond motifs is 2. The van der Waals surface area contributed by atoms with Crippen molar-refractivity contribution >= 4 is 50.0 Å². The third kappa shape index (κ3) is 3.30. The molecule has 0 fully saturated rings. The molecule has 4 heterocycles. The molecule has 0 aliphatic heterocycles. The van der Waals surface area contributed by atoms with Gasteiger partial charge in [0.05, 0.1) is 22.6 Å². The summed E-state index contributed by atoms with van der Waals surface area (Å²) in [7, 11) is 0. The number of amides is 1. The molecule has 0 bridgehead atoms. The number of anilines is 2. The van der Waals surface area contributed by atoms with Crippen molar-refractivity contribution in [2.75, 3.05) is 11.1 Å². The highest BCUT2D eigenvalue weighted by Gasteiger charge is 2.24. The summed E-state index contributed by atoms with van der Waals surface area (Å²) in [6, 6.07) is 7.69. The first kappa shape index (κ1) is 19.2. The number of rotatable bonds is 3. The van der Waals surface area contributed by atoms with Crippen molar-refractivity contribution in [3.63, 3.8) is 0 Å². The van der Waals surface area contributed by atoms with Crippen LogP contribution in [0.2, 0.25) is 0 Å². The number of H-pyrrole nitrogens is 1. The van der Waals surface area contributed by atoms with Gasteiger partial charge < -0.3 is 16.0 Å². The van der Waals surface area contributed by atoms with Gasteiger partial charge in [0.25, 0.3) is 5.91 Å². The number of hydrogen-bond acceptors (Lipinski definition) is 7. The van der Waals surface area contributed by atoms with Gasteiger partial charge in [-0.25, -0.2) is 14.6 Å². The highest BCUT2D eigenvalue weighted by atomic mass is 32.1. The first-order chi connectivity index (χ1) is 14.8. The zero-order valence-corrected chi connectivity index (χ0v) is 18.0. The molecule has 4 N–H and O–H groups in total. The highest BCUT2D eigenvalue weighted by molar-refractivity contribution is 7.14. The number of aromatic amines is 1. The third-order valence-electron chi connectivity index (χ3n) is 4.94. The normalized spacial score (nSPS) is 12.0. The van der Waals surface area contributed by atoms with Gasteiger partial charge in [-0.15, -0.1) is 11.3 Å². The molecule has 31 heavy (non-hydrogen) atoms. The van der Waals surface area contributed by atoms with Crippen LogP contribution in [0.5, 0.6) is 0 Å². The minimum Gasteiger partial charge on any atom is -0.383 e. The highest BCUT2D eigenvalue weighted by Crippen LogP contribution is 2.34. The van der Waals surface area contributed by atoms with Crippen LogP contribution in [-0.2, 0) is 5.54 Å². The smallest absolute Gasteiger partial charge is 0.272 e. The number of hydrogen-bond donors (Lipinski definition) is 3. The van der Waals surface area contributed by atoms with Crippen molar-refractivity contribution in [2.45, 2.75) is 26.3 Å². The van der Waals surface area contributed by atoms with Crippen LogP contribution >= 0.6 is 11.3 Å². The zero-order valence-electron chi connectivity index (χ0n) is 17.2. The number of nitrogens with two attached hydrogens (primary N) is 1. The number of nitrogens with one attached hydrogen (secondary N) is 2. The number of thiazole rings is 1. The van der Waals surface area contributed by atoms with E-state index in [2.05, 4.69) is 46.0 Å². The second kappa shape index (κ2) is 6.88. The SMILES string of the molecule is CC(C)(C)n1nc(-c2ccc3cc(C(=O)Nc4cncs4)[nH]c3c2)c2c(N)ncnc21. The lowest BCUT2D eigenvalue weighted by molar-refractivity contribution is 0.102. The number of nitrogen functional groups attached to an aromatic ring is 1. The molecule has 156 valence electrons. The number of aromatic nitrogens is 6. The van der Waals surface area contributed by atoms with Crippen molar-refractivity contribution in [2.24, 2.45) is 0 Å². The molecular formula is C21H20N8OS. The summed E-state index contributed by atoms with van der Waals surface area (Å²) in [5.41, 5.74) is 11.1. The first-order valence-electron chi connectivity index (χ1n) is 9.64. The molecule has 0 spiro atoms. The molecule has 0 aliphatic rings. The maximum absolute atomic E-state index is 12.6. The largest absolute Gasteiger partial charge is 0.383 e. The molecular weight excluding hydrogens is 412 g/mol. The van der Waals surface area contributed by atoms with Crippen molar-refractivity contribution in [1.29, 1.82) is 0 Å². The summed E-state index contributed by atoms with van der Waals surface area (Å²) in [4.78, 5) is 28.3. The van der Waals surface area contributed by atoms with Gasteiger partial charge in [-0.05, 0) is 32.9 Å². The fourth-order valence-corrected chi connectivity index (χ4v) is 4.01. The molecule has 0 saturated heterocycles. The van der Waals surface area contributed by atoms with E-state index in [4.69, 9.17) is 10.8 Å². The van der Waals surface area contributed by atoms with E-state index in [0.29, 0.717) is 33.2 Å². The quantitative estimate of drug-likeness (QED) is 0.395. The van der Waals surface area contributed by atoms with Crippen LogP contribution in [0, 0.1) is 0 Å². The Hall–Kier alpha value is -3.79. The van der Waals surface area contributed by atoms with Gasteiger partial charge in [0, 0.05) is 16.5 Å². The van der Waals surface area contributed by atoms with E-state index in [1.807, 2.05) is 28.9 Å². The van der Waals surface area contributed by atoms with Gasteiger partial charge in [0.15, 0.2) is 5.65 Å². The van der Waals surface area contributed by atoms with Crippen molar-refractivity contribution < 1.29 is 4.79 Å². The van der Waals surface area contributed by atoms with Gasteiger partial charge in [-0.3, -0.25) is 9.78 Å². The topological polar surface area (TPSA) is 127 Å². The number of benzene rings is 1. The lowest BCUT2D eigenvalue weighted by atomic mass is 10.1. The fraction of sp³-hybridized carbons (Fsp3) is 0.190. The molecule has 9 nitrogen and oxygen atoms in total. The van der Waals surface area contributed by atoms with Crippen LogP contribution in [0.3, 0.4) is 0 Å². The molecule has 0 saturated carbocycles. The molecule has 0 atom stereocenters. The second-order valence-electron chi connectivity index (χ2n) is 8.19. The van der Waals surface area contributed by atoms with E-state index >= 15 is 0 Å². The van der Waals surface area contributed by atoms with Crippen LogP contribution in [0.1, 0.15) is 31.3 Å². The maximum Gasteiger partial charge on any atom is 0.272 e. The predicted molar refractivity (Wildman–Crippen MR) is 122 cm³/mol. The van der Waals surface area contributed by atoms with E-state index in [-0.39, 0.29) is 11.4 Å². The maximum atomic E-state index is 12.6. The Morgan fingerprint density at radius 1 is 1.23 bits per heavy atom. The molecule has 5 rings (SSSR count). The van der Waals surface area contributed by atoms with E-state index in [1.165, 1.54) is 17.7 Å². The van der Waals surface area contributed by atoms with Gasteiger partial charge in [0.1, 0.15) is 28.5 Å². The monoisotopic (exact) mass is 432 g/mol. The zero-order chi connectivity index (χ0) is 21.8. The van der Waals surface area contributed by atoms with E-state index < -0.39 is 0 Å². The van der Waals surface area contributed by atoms with Crippen LogP contribution < -0.4 is 11.1 Å². The van der Waals surface area contributed by atoms with Crippen LogP contribution in [0.15, 0.2) is 42.3 Å². The van der Waals surface area contributed by atoms with Crippen LogP contribution in [-0.4, -0.2) is 35.6 Å². The summed E-state index contributed by atoms with van der Waals surface area (Å²) in [5.74, 6) is 0.161. The molecule has 0 aliphatic carbocycles.